The van der Waals surface area contributed by atoms with Crippen molar-refractivity contribution < 1.29 is 4.74 Å². The van der Waals surface area contributed by atoms with Gasteiger partial charge in [-0.05, 0) is 13.0 Å². The van der Waals surface area contributed by atoms with Crippen LogP contribution in [-0.2, 0) is 4.74 Å². The van der Waals surface area contributed by atoms with Gasteiger partial charge in [0.25, 0.3) is 0 Å². The Kier molecular flexibility index (Phi) is 3.17. The number of hydrogen-bond donors (Lipinski definition) is 1. The predicted octanol–water partition coefficient (Wildman–Crippen LogP) is 1.81. The van der Waals surface area contributed by atoms with Crippen molar-refractivity contribution in [3.63, 3.8) is 0 Å². The second kappa shape index (κ2) is 5.52. The van der Waals surface area contributed by atoms with Crippen LogP contribution in [0, 0.1) is 6.92 Å². The number of nitrogens with zero attached hydrogens (tertiary/aromatic N) is 6. The summed E-state index contributed by atoms with van der Waals surface area (Å²) in [7, 11) is 0. The highest BCUT2D eigenvalue weighted by atomic mass is 16.5. The average Bonchev–Trinajstić information content (AvgIpc) is 3.28. The molecule has 1 fully saturated rings. The van der Waals surface area contributed by atoms with E-state index in [9.17, 15) is 0 Å². The zero-order valence-electron chi connectivity index (χ0n) is 13.8. The lowest BCUT2D eigenvalue weighted by molar-refractivity contribution is 0.122. The summed E-state index contributed by atoms with van der Waals surface area (Å²) >= 11 is 0. The van der Waals surface area contributed by atoms with Crippen molar-refractivity contribution in [1.82, 2.24) is 29.8 Å². The third-order valence-electron chi connectivity index (χ3n) is 4.62. The molecule has 1 aliphatic rings. The molecule has 4 aromatic rings. The normalized spacial score (nSPS) is 15.3. The Morgan fingerprint density at radius 2 is 2.04 bits per heavy atom. The maximum absolute atomic E-state index is 5.48. The van der Waals surface area contributed by atoms with Gasteiger partial charge in [0.15, 0.2) is 5.82 Å². The molecule has 126 valence electrons. The summed E-state index contributed by atoms with van der Waals surface area (Å²) in [6.07, 6.45) is 3.83. The van der Waals surface area contributed by atoms with Crippen molar-refractivity contribution in [3.05, 3.63) is 36.4 Å². The molecule has 4 heterocycles. The zero-order valence-corrected chi connectivity index (χ0v) is 13.8. The molecule has 1 aromatic carbocycles. The Morgan fingerprint density at radius 1 is 1.16 bits per heavy atom. The van der Waals surface area contributed by atoms with Gasteiger partial charge in [0.1, 0.15) is 5.82 Å². The molecule has 8 heteroatoms. The minimum absolute atomic E-state index is 0.697. The number of fused-ring (bicyclic) bond motifs is 2. The highest BCUT2D eigenvalue weighted by molar-refractivity contribution is 5.93. The molecule has 8 nitrogen and oxygen atoms in total. The van der Waals surface area contributed by atoms with Gasteiger partial charge in [0.05, 0.1) is 30.6 Å². The van der Waals surface area contributed by atoms with E-state index in [1.165, 1.54) is 0 Å². The summed E-state index contributed by atoms with van der Waals surface area (Å²) in [6, 6.07) is 6.08. The number of nitrogens with one attached hydrogen (secondary N) is 1. The third-order valence-corrected chi connectivity index (χ3v) is 4.62. The van der Waals surface area contributed by atoms with Gasteiger partial charge in [-0.15, -0.1) is 10.2 Å². The first-order chi connectivity index (χ1) is 12.3. The Labute approximate surface area is 143 Å². The van der Waals surface area contributed by atoms with Gasteiger partial charge in [-0.25, -0.2) is 4.98 Å². The summed E-state index contributed by atoms with van der Waals surface area (Å²) < 4.78 is 7.48. The maximum atomic E-state index is 5.48. The van der Waals surface area contributed by atoms with Crippen molar-refractivity contribution in [3.8, 4) is 11.3 Å². The fraction of sp³-hybridized carbons (Fsp3) is 0.294. The van der Waals surface area contributed by atoms with E-state index in [-0.39, 0.29) is 0 Å². The van der Waals surface area contributed by atoms with Crippen LogP contribution in [0.1, 0.15) is 5.82 Å². The standard InChI is InChI=1S/C17H17N7O/c1-11-20-22-17-16(23-5-7-25-8-6-23)19-15(10-24(11)17)12-3-2-4-14-13(12)9-18-21-14/h2-4,9-10H,5-8H2,1H3,(H,18,21). The molecule has 0 radical (unpaired) electrons. The predicted molar refractivity (Wildman–Crippen MR) is 93.6 cm³/mol. The third kappa shape index (κ3) is 2.25. The van der Waals surface area contributed by atoms with E-state index in [0.29, 0.717) is 13.2 Å². The minimum Gasteiger partial charge on any atom is -0.378 e. The van der Waals surface area contributed by atoms with Crippen LogP contribution in [0.25, 0.3) is 27.8 Å². The molecule has 0 bridgehead atoms. The van der Waals surface area contributed by atoms with Gasteiger partial charge in [-0.3, -0.25) is 9.50 Å². The second-order valence-corrected chi connectivity index (χ2v) is 6.13. The summed E-state index contributed by atoms with van der Waals surface area (Å²) in [5.41, 5.74) is 3.69. The van der Waals surface area contributed by atoms with Gasteiger partial charge in [0, 0.05) is 30.2 Å². The Balaban J connectivity index is 1.76. The van der Waals surface area contributed by atoms with E-state index in [1.54, 1.807) is 0 Å². The molecule has 1 saturated heterocycles. The van der Waals surface area contributed by atoms with Crippen LogP contribution in [0.4, 0.5) is 5.82 Å². The lowest BCUT2D eigenvalue weighted by Crippen LogP contribution is -2.37. The van der Waals surface area contributed by atoms with E-state index in [4.69, 9.17) is 9.72 Å². The summed E-state index contributed by atoms with van der Waals surface area (Å²) in [4.78, 5) is 7.16. The number of anilines is 1. The van der Waals surface area contributed by atoms with Crippen LogP contribution in [0.5, 0.6) is 0 Å². The van der Waals surface area contributed by atoms with Crippen molar-refractivity contribution >= 4 is 22.4 Å². The second-order valence-electron chi connectivity index (χ2n) is 6.13. The van der Waals surface area contributed by atoms with Crippen LogP contribution < -0.4 is 4.90 Å². The van der Waals surface area contributed by atoms with E-state index in [0.717, 1.165) is 52.5 Å². The number of benzene rings is 1. The fourth-order valence-corrected chi connectivity index (χ4v) is 3.30. The lowest BCUT2D eigenvalue weighted by atomic mass is 10.1. The minimum atomic E-state index is 0.697. The maximum Gasteiger partial charge on any atom is 0.203 e. The molecule has 0 aliphatic carbocycles. The molecular weight excluding hydrogens is 318 g/mol. The van der Waals surface area contributed by atoms with E-state index in [1.807, 2.05) is 35.9 Å². The molecule has 0 amide bonds. The molecule has 1 aliphatic heterocycles. The van der Waals surface area contributed by atoms with Crippen molar-refractivity contribution in [2.75, 3.05) is 31.2 Å². The Bertz CT molecular complexity index is 1060. The van der Waals surface area contributed by atoms with Gasteiger partial charge < -0.3 is 9.64 Å². The summed E-state index contributed by atoms with van der Waals surface area (Å²) in [6.45, 7) is 4.94. The molecule has 0 atom stereocenters. The van der Waals surface area contributed by atoms with Crippen LogP contribution in [0.2, 0.25) is 0 Å². The van der Waals surface area contributed by atoms with Crippen molar-refractivity contribution in [1.29, 1.82) is 0 Å². The van der Waals surface area contributed by atoms with E-state index in [2.05, 4.69) is 31.4 Å². The zero-order chi connectivity index (χ0) is 16.8. The number of hydrogen-bond acceptors (Lipinski definition) is 6. The highest BCUT2D eigenvalue weighted by Crippen LogP contribution is 2.29. The van der Waals surface area contributed by atoms with E-state index >= 15 is 0 Å². The van der Waals surface area contributed by atoms with Crippen LogP contribution in [0.15, 0.2) is 30.6 Å². The number of aromatic amines is 1. The first-order valence-electron chi connectivity index (χ1n) is 8.29. The number of ether oxygens (including phenoxy) is 1. The number of morpholine rings is 1. The number of H-pyrrole nitrogens is 1. The van der Waals surface area contributed by atoms with E-state index < -0.39 is 0 Å². The smallest absolute Gasteiger partial charge is 0.203 e. The molecule has 1 N–H and O–H groups in total. The number of rotatable bonds is 2. The molecule has 25 heavy (non-hydrogen) atoms. The van der Waals surface area contributed by atoms with Crippen molar-refractivity contribution in [2.45, 2.75) is 6.92 Å². The molecule has 0 spiro atoms. The molecule has 0 unspecified atom stereocenters. The molecule has 0 saturated carbocycles. The molecular formula is C17H17N7O. The average molecular weight is 335 g/mol. The first kappa shape index (κ1) is 14.4. The Morgan fingerprint density at radius 3 is 2.92 bits per heavy atom. The quantitative estimate of drug-likeness (QED) is 0.601. The summed E-state index contributed by atoms with van der Waals surface area (Å²) in [5, 5.41) is 16.8. The van der Waals surface area contributed by atoms with Gasteiger partial charge >= 0.3 is 0 Å². The summed E-state index contributed by atoms with van der Waals surface area (Å²) in [5.74, 6) is 1.69. The number of aryl methyl sites for hydroxylation is 1. The van der Waals surface area contributed by atoms with Gasteiger partial charge in [-0.2, -0.15) is 5.10 Å². The monoisotopic (exact) mass is 335 g/mol. The number of aromatic nitrogens is 6. The fourth-order valence-electron chi connectivity index (χ4n) is 3.30. The van der Waals surface area contributed by atoms with Crippen LogP contribution in [0.3, 0.4) is 0 Å². The Hall–Kier alpha value is -3.00. The highest BCUT2D eigenvalue weighted by Gasteiger charge is 2.20. The largest absolute Gasteiger partial charge is 0.378 e. The molecule has 3 aromatic heterocycles. The van der Waals surface area contributed by atoms with Crippen molar-refractivity contribution in [2.24, 2.45) is 0 Å². The lowest BCUT2D eigenvalue weighted by Gasteiger charge is -2.28. The van der Waals surface area contributed by atoms with Gasteiger partial charge in [-0.1, -0.05) is 12.1 Å². The molecule has 5 rings (SSSR count). The topological polar surface area (TPSA) is 84.2 Å². The van der Waals surface area contributed by atoms with Crippen LogP contribution >= 0.6 is 0 Å². The van der Waals surface area contributed by atoms with Gasteiger partial charge in [0.2, 0.25) is 5.65 Å². The SMILES string of the molecule is Cc1nnc2c(N3CCOCC3)nc(-c3cccc4[nH]ncc34)cn12. The van der Waals surface area contributed by atoms with Crippen LogP contribution in [-0.4, -0.2) is 56.1 Å². The first-order valence-corrected chi connectivity index (χ1v) is 8.29.